The first-order valence-electron chi connectivity index (χ1n) is 6.72. The van der Waals surface area contributed by atoms with Crippen LogP contribution in [0.5, 0.6) is 0 Å². The Bertz CT molecular complexity index is 527. The van der Waals surface area contributed by atoms with Gasteiger partial charge in [0.15, 0.2) is 5.96 Å². The Morgan fingerprint density at radius 1 is 1.30 bits per heavy atom. The number of nitrogens with one attached hydrogen (secondary N) is 1. The first-order chi connectivity index (χ1) is 10.4. The molecule has 0 fully saturated rings. The predicted octanol–water partition coefficient (Wildman–Crippen LogP) is 1.13. The van der Waals surface area contributed by atoms with Crippen molar-refractivity contribution in [2.45, 2.75) is 25.5 Å². The molecule has 6 N–H and O–H groups in total. The highest BCUT2D eigenvalue weighted by atomic mass is 35.5. The van der Waals surface area contributed by atoms with E-state index in [9.17, 15) is 9.59 Å². The molecule has 1 rings (SSSR count). The predicted molar refractivity (Wildman–Crippen MR) is 87.3 cm³/mol. The van der Waals surface area contributed by atoms with Crippen molar-refractivity contribution in [3.05, 3.63) is 35.9 Å². The second-order valence-corrected chi connectivity index (χ2v) is 4.66. The Morgan fingerprint density at radius 2 is 1.91 bits per heavy atom. The van der Waals surface area contributed by atoms with E-state index in [1.54, 1.807) is 12.1 Å². The van der Waals surface area contributed by atoms with E-state index in [4.69, 9.17) is 26.7 Å². The molecule has 23 heavy (non-hydrogen) atoms. The third-order valence-electron chi connectivity index (χ3n) is 2.93. The molecule has 1 amide bonds. The number of nitrogens with two attached hydrogens (primary N) is 2. The molecule has 0 aliphatic carbocycles. The summed E-state index contributed by atoms with van der Waals surface area (Å²) in [6.45, 7) is 0.141. The lowest BCUT2D eigenvalue weighted by Gasteiger charge is -2.20. The van der Waals surface area contributed by atoms with Crippen LogP contribution in [0.3, 0.4) is 0 Å². The summed E-state index contributed by atoms with van der Waals surface area (Å²) in [4.78, 5) is 23.4. The molecule has 1 aromatic rings. The Hall–Kier alpha value is -2.32. The number of ether oxygens (including phenoxy) is 1. The molecule has 9 heteroatoms. The second kappa shape index (κ2) is 10.4. The number of rotatable bonds is 7. The van der Waals surface area contributed by atoms with Crippen molar-refractivity contribution in [1.82, 2.24) is 4.90 Å². The van der Waals surface area contributed by atoms with Crippen LogP contribution in [0.4, 0.5) is 4.79 Å². The van der Waals surface area contributed by atoms with Gasteiger partial charge in [0, 0.05) is 6.54 Å². The van der Waals surface area contributed by atoms with Crippen LogP contribution in [-0.4, -0.2) is 40.6 Å². The van der Waals surface area contributed by atoms with Gasteiger partial charge in [-0.2, -0.15) is 0 Å². The molecule has 1 aromatic carbocycles. The number of nitrogens with zero attached hydrogens (tertiary/aromatic N) is 1. The average Bonchev–Trinajstić information content (AvgIpc) is 2.49. The Morgan fingerprint density at radius 3 is 2.43 bits per heavy atom. The number of carboxylic acid groups (broad SMARTS) is 1. The fourth-order valence-electron chi connectivity index (χ4n) is 1.70. The lowest BCUT2D eigenvalue weighted by atomic mass is 10.1. The minimum atomic E-state index is -1.11. The number of amides is 1. The van der Waals surface area contributed by atoms with E-state index >= 15 is 0 Å². The molecule has 0 spiro atoms. The number of hydrogen-bond donors (Lipinski definition) is 4. The molecule has 0 aromatic heterocycles. The highest BCUT2D eigenvalue weighted by Gasteiger charge is 2.19. The van der Waals surface area contributed by atoms with Gasteiger partial charge in [-0.25, -0.2) is 9.69 Å². The fourth-order valence-corrected chi connectivity index (χ4v) is 1.70. The van der Waals surface area contributed by atoms with Crippen molar-refractivity contribution in [1.29, 1.82) is 5.41 Å². The third kappa shape index (κ3) is 7.48. The molecule has 0 saturated carbocycles. The zero-order valence-electron chi connectivity index (χ0n) is 12.5. The zero-order valence-corrected chi connectivity index (χ0v) is 13.3. The molecule has 128 valence electrons. The van der Waals surface area contributed by atoms with Crippen molar-refractivity contribution >= 4 is 30.4 Å². The Kier molecular flexibility index (Phi) is 9.36. The summed E-state index contributed by atoms with van der Waals surface area (Å²) in [7, 11) is 0. The van der Waals surface area contributed by atoms with Gasteiger partial charge in [0.25, 0.3) is 0 Å². The Labute approximate surface area is 140 Å². The maximum atomic E-state index is 11.9. The Balaban J connectivity index is 0.00000484. The summed E-state index contributed by atoms with van der Waals surface area (Å²) < 4.78 is 5.08. The molecule has 0 aliphatic rings. The summed E-state index contributed by atoms with van der Waals surface area (Å²) in [5.41, 5.74) is 11.5. The highest BCUT2D eigenvalue weighted by molar-refractivity contribution is 5.91. The van der Waals surface area contributed by atoms with Gasteiger partial charge in [-0.05, 0) is 18.4 Å². The number of carboxylic acids is 1. The van der Waals surface area contributed by atoms with Crippen molar-refractivity contribution in [2.24, 2.45) is 11.5 Å². The average molecular weight is 345 g/mol. The molecular formula is C14H21ClN4O4. The number of hydrogen-bond acceptors (Lipinski definition) is 5. The van der Waals surface area contributed by atoms with Gasteiger partial charge in [-0.15, -0.1) is 12.4 Å². The van der Waals surface area contributed by atoms with Crippen LogP contribution in [0.15, 0.2) is 30.3 Å². The highest BCUT2D eigenvalue weighted by Crippen LogP contribution is 2.05. The molecule has 8 nitrogen and oxygen atoms in total. The van der Waals surface area contributed by atoms with Crippen molar-refractivity contribution in [3.8, 4) is 0 Å². The second-order valence-electron chi connectivity index (χ2n) is 4.66. The van der Waals surface area contributed by atoms with Crippen LogP contribution in [0, 0.1) is 5.41 Å². The van der Waals surface area contributed by atoms with Gasteiger partial charge in [-0.1, -0.05) is 30.3 Å². The first-order valence-corrected chi connectivity index (χ1v) is 6.72. The molecular weight excluding hydrogens is 324 g/mol. The molecule has 1 atom stereocenters. The third-order valence-corrected chi connectivity index (χ3v) is 2.93. The van der Waals surface area contributed by atoms with Gasteiger partial charge in [0.05, 0.1) is 0 Å². The van der Waals surface area contributed by atoms with E-state index in [0.29, 0.717) is 6.42 Å². The molecule has 0 heterocycles. The van der Waals surface area contributed by atoms with Crippen LogP contribution in [0.1, 0.15) is 18.4 Å². The maximum absolute atomic E-state index is 11.9. The van der Waals surface area contributed by atoms with Crippen LogP contribution in [0.25, 0.3) is 0 Å². The standard InChI is InChI=1S/C14H20N4O4.ClH/c15-11(12(19)20)7-4-8-18(13(16)17)14(21)22-9-10-5-2-1-3-6-10;/h1-3,5-6,11H,4,7-9,15H2,(H3,16,17)(H,19,20);1H. The van der Waals surface area contributed by atoms with Crippen molar-refractivity contribution in [2.75, 3.05) is 6.54 Å². The van der Waals surface area contributed by atoms with E-state index in [1.165, 1.54) is 0 Å². The van der Waals surface area contributed by atoms with Gasteiger partial charge in [0.2, 0.25) is 0 Å². The van der Waals surface area contributed by atoms with Crippen LogP contribution in [-0.2, 0) is 16.1 Å². The van der Waals surface area contributed by atoms with E-state index < -0.39 is 24.1 Å². The summed E-state index contributed by atoms with van der Waals surface area (Å²) in [5, 5.41) is 16.1. The quantitative estimate of drug-likeness (QED) is 0.431. The van der Waals surface area contributed by atoms with Gasteiger partial charge >= 0.3 is 12.1 Å². The molecule has 0 radical (unpaired) electrons. The summed E-state index contributed by atoms with van der Waals surface area (Å²) in [6, 6.07) is 8.08. The molecule has 1 unspecified atom stereocenters. The molecule has 0 aliphatic heterocycles. The number of carbonyl (C=O) groups is 2. The normalized spacial score (nSPS) is 11.0. The van der Waals surface area contributed by atoms with Crippen molar-refractivity contribution in [3.63, 3.8) is 0 Å². The molecule has 0 bridgehead atoms. The smallest absolute Gasteiger partial charge is 0.416 e. The van der Waals surface area contributed by atoms with E-state index in [-0.39, 0.29) is 32.0 Å². The van der Waals surface area contributed by atoms with E-state index in [1.807, 2.05) is 18.2 Å². The maximum Gasteiger partial charge on any atom is 0.416 e. The van der Waals surface area contributed by atoms with Crippen LogP contribution >= 0.6 is 12.4 Å². The fraction of sp³-hybridized carbons (Fsp3) is 0.357. The topological polar surface area (TPSA) is 143 Å². The summed E-state index contributed by atoms with van der Waals surface area (Å²) in [6.07, 6.45) is -0.279. The minimum absolute atomic E-state index is 0. The van der Waals surface area contributed by atoms with E-state index in [0.717, 1.165) is 10.5 Å². The van der Waals surface area contributed by atoms with Gasteiger partial charge in [-0.3, -0.25) is 10.2 Å². The lowest BCUT2D eigenvalue weighted by Crippen LogP contribution is -2.42. The SMILES string of the molecule is Cl.N=C(N)N(CCCC(N)C(=O)O)C(=O)OCc1ccccc1. The number of benzene rings is 1. The van der Waals surface area contributed by atoms with Crippen LogP contribution in [0.2, 0.25) is 0 Å². The van der Waals surface area contributed by atoms with Crippen molar-refractivity contribution < 1.29 is 19.4 Å². The number of guanidine groups is 1. The van der Waals surface area contributed by atoms with Gasteiger partial charge in [0.1, 0.15) is 12.6 Å². The summed E-state index contributed by atoms with van der Waals surface area (Å²) in [5.74, 6) is -1.57. The molecule has 0 saturated heterocycles. The number of aliphatic carboxylic acids is 1. The zero-order chi connectivity index (χ0) is 16.5. The lowest BCUT2D eigenvalue weighted by molar-refractivity contribution is -0.138. The summed E-state index contributed by atoms with van der Waals surface area (Å²) >= 11 is 0. The first kappa shape index (κ1) is 20.7. The number of carbonyl (C=O) groups excluding carboxylic acids is 1. The number of halogens is 1. The minimum Gasteiger partial charge on any atom is -0.480 e. The van der Waals surface area contributed by atoms with Crippen LogP contribution < -0.4 is 11.5 Å². The van der Waals surface area contributed by atoms with E-state index in [2.05, 4.69) is 0 Å². The monoisotopic (exact) mass is 344 g/mol. The van der Waals surface area contributed by atoms with Gasteiger partial charge < -0.3 is 21.3 Å². The largest absolute Gasteiger partial charge is 0.480 e.